The maximum atomic E-state index is 12.5. The zero-order chi connectivity index (χ0) is 13.9. The first-order valence-corrected chi connectivity index (χ1v) is 6.78. The lowest BCUT2D eigenvalue weighted by Gasteiger charge is -2.19. The number of hydrogen-bond donors (Lipinski definition) is 1. The number of carbonyl (C=O) groups excluding carboxylic acids is 1. The van der Waals surface area contributed by atoms with Crippen LogP contribution in [-0.2, 0) is 0 Å². The average molecular weight is 272 g/mol. The number of rotatable bonds is 1. The summed E-state index contributed by atoms with van der Waals surface area (Å²) in [7, 11) is 0. The molecule has 1 aromatic heterocycles. The molecule has 1 N–H and O–H groups in total. The monoisotopic (exact) mass is 272 g/mol. The highest BCUT2D eigenvalue weighted by Gasteiger charge is 2.21. The van der Waals surface area contributed by atoms with Crippen LogP contribution in [0.15, 0.2) is 39.5 Å². The van der Waals surface area contributed by atoms with E-state index in [9.17, 15) is 9.59 Å². The highest BCUT2D eigenvalue weighted by molar-refractivity contribution is 5.96. The molecule has 5 nitrogen and oxygen atoms in total. The van der Waals surface area contributed by atoms with E-state index in [1.165, 1.54) is 0 Å². The second kappa shape index (κ2) is 5.46. The van der Waals surface area contributed by atoms with Gasteiger partial charge in [0, 0.05) is 25.0 Å². The van der Waals surface area contributed by atoms with Crippen molar-refractivity contribution in [3.63, 3.8) is 0 Å². The molecule has 1 saturated heterocycles. The van der Waals surface area contributed by atoms with Gasteiger partial charge in [-0.25, -0.2) is 4.79 Å². The van der Waals surface area contributed by atoms with Gasteiger partial charge in [-0.1, -0.05) is 18.2 Å². The van der Waals surface area contributed by atoms with Gasteiger partial charge in [0.1, 0.15) is 11.1 Å². The number of nitrogens with zero attached hydrogens (tertiary/aromatic N) is 1. The number of nitrogens with one attached hydrogen (secondary N) is 1. The summed E-state index contributed by atoms with van der Waals surface area (Å²) in [6, 6.07) is 8.83. The number of hydrogen-bond acceptors (Lipinski definition) is 4. The second-order valence-corrected chi connectivity index (χ2v) is 4.88. The van der Waals surface area contributed by atoms with Crippen LogP contribution in [0.2, 0.25) is 0 Å². The van der Waals surface area contributed by atoms with E-state index in [4.69, 9.17) is 4.42 Å². The van der Waals surface area contributed by atoms with Gasteiger partial charge in [0.25, 0.3) is 5.91 Å². The van der Waals surface area contributed by atoms with Gasteiger partial charge in [0.2, 0.25) is 0 Å². The number of amides is 1. The summed E-state index contributed by atoms with van der Waals surface area (Å²) in [5.74, 6) is -0.242. The molecule has 1 aliphatic rings. The maximum absolute atomic E-state index is 12.5. The molecule has 1 aliphatic heterocycles. The van der Waals surface area contributed by atoms with Crippen LogP contribution in [0.4, 0.5) is 0 Å². The summed E-state index contributed by atoms with van der Waals surface area (Å²) in [4.78, 5) is 26.1. The number of fused-ring (bicyclic) bond motifs is 1. The molecule has 0 unspecified atom stereocenters. The molecule has 1 amide bonds. The van der Waals surface area contributed by atoms with Crippen molar-refractivity contribution in [3.05, 3.63) is 46.3 Å². The zero-order valence-corrected chi connectivity index (χ0v) is 11.1. The van der Waals surface area contributed by atoms with Gasteiger partial charge >= 0.3 is 5.63 Å². The van der Waals surface area contributed by atoms with E-state index in [1.807, 2.05) is 12.1 Å². The molecule has 0 atom stereocenters. The first kappa shape index (κ1) is 12.9. The van der Waals surface area contributed by atoms with Gasteiger partial charge in [-0.3, -0.25) is 4.79 Å². The van der Waals surface area contributed by atoms with Gasteiger partial charge in [0.05, 0.1) is 0 Å². The van der Waals surface area contributed by atoms with Crippen molar-refractivity contribution in [3.8, 4) is 0 Å². The summed E-state index contributed by atoms with van der Waals surface area (Å²) < 4.78 is 5.22. The molecule has 104 valence electrons. The van der Waals surface area contributed by atoms with E-state index >= 15 is 0 Å². The summed E-state index contributed by atoms with van der Waals surface area (Å²) in [6.07, 6.45) is 0.894. The van der Waals surface area contributed by atoms with E-state index < -0.39 is 5.63 Å². The lowest BCUT2D eigenvalue weighted by molar-refractivity contribution is 0.0762. The molecule has 2 heterocycles. The molecule has 0 spiro atoms. The van der Waals surface area contributed by atoms with Crippen molar-refractivity contribution in [2.24, 2.45) is 0 Å². The van der Waals surface area contributed by atoms with Crippen molar-refractivity contribution in [2.75, 3.05) is 26.2 Å². The Bertz CT molecular complexity index is 685. The Morgan fingerprint density at radius 2 is 2.05 bits per heavy atom. The first-order valence-electron chi connectivity index (χ1n) is 6.78. The minimum atomic E-state index is -0.564. The van der Waals surface area contributed by atoms with Crippen LogP contribution in [0, 0.1) is 0 Å². The fourth-order valence-corrected chi connectivity index (χ4v) is 2.43. The number of para-hydroxylation sites is 1. The largest absolute Gasteiger partial charge is 0.422 e. The highest BCUT2D eigenvalue weighted by Crippen LogP contribution is 2.14. The third-order valence-corrected chi connectivity index (χ3v) is 3.50. The van der Waals surface area contributed by atoms with Gasteiger partial charge < -0.3 is 14.6 Å². The lowest BCUT2D eigenvalue weighted by Crippen LogP contribution is -2.36. The molecule has 1 aromatic carbocycles. The topological polar surface area (TPSA) is 62.6 Å². The van der Waals surface area contributed by atoms with Crippen LogP contribution in [-0.4, -0.2) is 37.0 Å². The molecule has 0 bridgehead atoms. The van der Waals surface area contributed by atoms with Gasteiger partial charge in [0.15, 0.2) is 0 Å². The van der Waals surface area contributed by atoms with E-state index in [2.05, 4.69) is 5.32 Å². The van der Waals surface area contributed by atoms with Crippen molar-refractivity contribution in [1.82, 2.24) is 10.2 Å². The second-order valence-electron chi connectivity index (χ2n) is 4.88. The molecular weight excluding hydrogens is 256 g/mol. The Morgan fingerprint density at radius 3 is 2.95 bits per heavy atom. The fraction of sp³-hybridized carbons (Fsp3) is 0.333. The Hall–Kier alpha value is -2.14. The molecule has 1 fully saturated rings. The van der Waals surface area contributed by atoms with Crippen molar-refractivity contribution >= 4 is 16.9 Å². The van der Waals surface area contributed by atoms with Crippen LogP contribution in [0.1, 0.15) is 16.8 Å². The molecule has 0 aliphatic carbocycles. The lowest BCUT2D eigenvalue weighted by atomic mass is 10.1. The van der Waals surface area contributed by atoms with Crippen molar-refractivity contribution in [1.29, 1.82) is 0 Å². The van der Waals surface area contributed by atoms with Crippen molar-refractivity contribution < 1.29 is 9.21 Å². The van der Waals surface area contributed by atoms with E-state index in [0.717, 1.165) is 24.9 Å². The summed E-state index contributed by atoms with van der Waals surface area (Å²) >= 11 is 0. The Balaban J connectivity index is 1.98. The maximum Gasteiger partial charge on any atom is 0.349 e. The van der Waals surface area contributed by atoms with Crippen LogP contribution in [0.5, 0.6) is 0 Å². The molecule has 5 heteroatoms. The van der Waals surface area contributed by atoms with E-state index in [1.54, 1.807) is 23.1 Å². The third-order valence-electron chi connectivity index (χ3n) is 3.50. The number of benzene rings is 1. The molecule has 2 aromatic rings. The van der Waals surface area contributed by atoms with Gasteiger partial charge in [-0.2, -0.15) is 0 Å². The summed E-state index contributed by atoms with van der Waals surface area (Å²) in [6.45, 7) is 2.93. The molecular formula is C15H16N2O3. The third kappa shape index (κ3) is 2.44. The van der Waals surface area contributed by atoms with Crippen LogP contribution >= 0.6 is 0 Å². The molecule has 3 rings (SSSR count). The SMILES string of the molecule is O=C(c1cc2ccccc2oc1=O)N1CCCNCC1. The quantitative estimate of drug-likeness (QED) is 0.793. The first-order chi connectivity index (χ1) is 9.75. The minimum absolute atomic E-state index is 0.116. The summed E-state index contributed by atoms with van der Waals surface area (Å²) in [5, 5.41) is 4.00. The smallest absolute Gasteiger partial charge is 0.349 e. The Labute approximate surface area is 116 Å². The Kier molecular flexibility index (Phi) is 3.52. The van der Waals surface area contributed by atoms with Crippen LogP contribution in [0.25, 0.3) is 11.0 Å². The minimum Gasteiger partial charge on any atom is -0.422 e. The van der Waals surface area contributed by atoms with Crippen molar-refractivity contribution in [2.45, 2.75) is 6.42 Å². The zero-order valence-electron chi connectivity index (χ0n) is 11.1. The standard InChI is InChI=1S/C15H16N2O3/c18-14(17-8-3-6-16-7-9-17)12-10-11-4-1-2-5-13(11)20-15(12)19/h1-2,4-5,10,16H,3,6-9H2. The van der Waals surface area contributed by atoms with E-state index in [0.29, 0.717) is 18.7 Å². The normalized spacial score (nSPS) is 16.1. The predicted octanol–water partition coefficient (Wildman–Crippen LogP) is 1.23. The average Bonchev–Trinajstić information content (AvgIpc) is 2.75. The van der Waals surface area contributed by atoms with Crippen LogP contribution in [0.3, 0.4) is 0 Å². The fourth-order valence-electron chi connectivity index (χ4n) is 2.43. The highest BCUT2D eigenvalue weighted by atomic mass is 16.4. The Morgan fingerprint density at radius 1 is 1.20 bits per heavy atom. The number of carbonyl (C=O) groups is 1. The molecule has 0 radical (unpaired) electrons. The van der Waals surface area contributed by atoms with E-state index in [-0.39, 0.29) is 11.5 Å². The van der Waals surface area contributed by atoms with Gasteiger partial charge in [-0.15, -0.1) is 0 Å². The molecule has 0 saturated carbocycles. The molecule has 20 heavy (non-hydrogen) atoms. The predicted molar refractivity (Wildman–Crippen MR) is 75.9 cm³/mol. The summed E-state index contributed by atoms with van der Waals surface area (Å²) in [5.41, 5.74) is 0.0584. The van der Waals surface area contributed by atoms with Gasteiger partial charge in [-0.05, 0) is 25.1 Å². The van der Waals surface area contributed by atoms with Crippen LogP contribution < -0.4 is 10.9 Å².